The molecule has 1 aliphatic heterocycles. The van der Waals surface area contributed by atoms with Crippen LogP contribution in [-0.2, 0) is 9.31 Å². The molecule has 15 heteroatoms. The number of hydrogen-bond donors (Lipinski definition) is 1. The Balaban J connectivity index is 0.000000220. The maximum atomic E-state index is 11.0. The molecule has 4 rings (SSSR count). The zero-order chi connectivity index (χ0) is 30.0. The van der Waals surface area contributed by atoms with Gasteiger partial charge in [0.05, 0.1) is 40.8 Å². The summed E-state index contributed by atoms with van der Waals surface area (Å²) in [6, 6.07) is 9.15. The lowest BCUT2D eigenvalue weighted by molar-refractivity contribution is -0.385. The number of thiazole rings is 1. The molecule has 0 unspecified atom stereocenters. The largest absolute Gasteiger partial charge is 0.498 e. The van der Waals surface area contributed by atoms with Crippen molar-refractivity contribution in [2.45, 2.75) is 45.8 Å². The Morgan fingerprint density at radius 2 is 1.45 bits per heavy atom. The number of ether oxygens (including phenoxy) is 2. The van der Waals surface area contributed by atoms with Crippen LogP contribution in [0.2, 0.25) is 0 Å². The maximum absolute atomic E-state index is 11.0. The molecular formula is C25H28BN3O10S. The predicted octanol–water partition coefficient (Wildman–Crippen LogP) is 4.64. The normalized spacial score (nSPS) is 15.1. The molecule has 13 nitrogen and oxygen atoms in total. The van der Waals surface area contributed by atoms with E-state index in [9.17, 15) is 25.0 Å². The Kier molecular flexibility index (Phi) is 8.82. The summed E-state index contributed by atoms with van der Waals surface area (Å²) in [7, 11) is 2.04. The minimum absolute atomic E-state index is 0.0569. The van der Waals surface area contributed by atoms with Crippen LogP contribution in [0.5, 0.6) is 11.5 Å². The summed E-state index contributed by atoms with van der Waals surface area (Å²) in [6.07, 6.45) is 0. The highest BCUT2D eigenvalue weighted by atomic mass is 32.1. The van der Waals surface area contributed by atoms with Gasteiger partial charge in [-0.1, -0.05) is 18.2 Å². The lowest BCUT2D eigenvalue weighted by Crippen LogP contribution is -2.41. The van der Waals surface area contributed by atoms with E-state index in [1.54, 1.807) is 25.1 Å². The quantitative estimate of drug-likeness (QED) is 0.237. The Morgan fingerprint density at radius 3 is 1.90 bits per heavy atom. The van der Waals surface area contributed by atoms with Crippen LogP contribution < -0.4 is 14.9 Å². The van der Waals surface area contributed by atoms with Gasteiger partial charge in [-0.3, -0.25) is 20.2 Å². The summed E-state index contributed by atoms with van der Waals surface area (Å²) in [6.45, 7) is 9.34. The summed E-state index contributed by atoms with van der Waals surface area (Å²) in [4.78, 5) is 36.5. The standard InChI is InChI=1S/C13H18BNO5.C12H10N2O5S/c1-12(2)13(3,4)20-14(19-12)9-7-6-8-10(15(16)17)11(9)18-5;1-6-9(12(15)16)13-11(20-6)7-4-3-5-8(14(17)18)10(7)19-2/h6-8H,1-5H3;3-5H,1-2H3,(H,15,16). The van der Waals surface area contributed by atoms with E-state index in [1.165, 1.54) is 32.4 Å². The van der Waals surface area contributed by atoms with E-state index in [1.807, 2.05) is 27.7 Å². The van der Waals surface area contributed by atoms with Gasteiger partial charge in [0.15, 0.2) is 11.4 Å². The van der Waals surface area contributed by atoms with Gasteiger partial charge in [-0.05, 0) is 40.7 Å². The van der Waals surface area contributed by atoms with Gasteiger partial charge in [-0.2, -0.15) is 0 Å². The molecule has 0 amide bonds. The molecule has 2 heterocycles. The molecule has 1 N–H and O–H groups in total. The number of para-hydroxylation sites is 2. The molecule has 212 valence electrons. The number of carboxylic acid groups (broad SMARTS) is 1. The zero-order valence-corrected chi connectivity index (χ0v) is 23.7. The minimum Gasteiger partial charge on any atom is -0.490 e. The molecule has 1 fully saturated rings. The Bertz CT molecular complexity index is 1440. The van der Waals surface area contributed by atoms with Crippen LogP contribution in [0, 0.1) is 27.2 Å². The molecule has 0 atom stereocenters. The SMILES string of the molecule is COc1c(-c2nc(C(=O)O)c(C)s2)cccc1[N+](=O)[O-].COc1c(B2OC(C)(C)C(C)(C)O2)cccc1[N+](=O)[O-]. The van der Waals surface area contributed by atoms with Crippen LogP contribution in [-0.4, -0.2) is 58.4 Å². The monoisotopic (exact) mass is 573 g/mol. The van der Waals surface area contributed by atoms with Gasteiger partial charge in [-0.15, -0.1) is 11.3 Å². The summed E-state index contributed by atoms with van der Waals surface area (Å²) in [5, 5.41) is 31.4. The molecule has 0 spiro atoms. The summed E-state index contributed by atoms with van der Waals surface area (Å²) in [5.41, 5.74) is -0.420. The molecule has 1 saturated heterocycles. The Hall–Kier alpha value is -4.08. The van der Waals surface area contributed by atoms with E-state index >= 15 is 0 Å². The number of hydrogen-bond acceptors (Lipinski definition) is 11. The lowest BCUT2D eigenvalue weighted by atomic mass is 9.78. The molecule has 0 radical (unpaired) electrons. The van der Waals surface area contributed by atoms with Crippen molar-refractivity contribution in [2.75, 3.05) is 14.2 Å². The van der Waals surface area contributed by atoms with Crippen LogP contribution in [0.15, 0.2) is 36.4 Å². The first kappa shape index (κ1) is 30.5. The first-order valence-electron chi connectivity index (χ1n) is 11.8. The van der Waals surface area contributed by atoms with Gasteiger partial charge in [0.25, 0.3) is 0 Å². The van der Waals surface area contributed by atoms with Crippen LogP contribution in [0.4, 0.5) is 11.4 Å². The zero-order valence-electron chi connectivity index (χ0n) is 22.9. The lowest BCUT2D eigenvalue weighted by Gasteiger charge is -2.32. The summed E-state index contributed by atoms with van der Waals surface area (Å²) in [5.74, 6) is -0.881. The number of nitro groups is 2. The van der Waals surface area contributed by atoms with Crippen LogP contribution >= 0.6 is 11.3 Å². The fourth-order valence-electron chi connectivity index (χ4n) is 3.83. The van der Waals surface area contributed by atoms with Crippen molar-refractivity contribution in [3.05, 3.63) is 67.2 Å². The molecule has 0 aliphatic carbocycles. The smallest absolute Gasteiger partial charge is 0.490 e. The summed E-state index contributed by atoms with van der Waals surface area (Å²) < 4.78 is 22.1. The van der Waals surface area contributed by atoms with Gasteiger partial charge in [0, 0.05) is 22.5 Å². The molecule has 0 bridgehead atoms. The number of methoxy groups -OCH3 is 2. The number of aromatic carboxylic acids is 1. The fourth-order valence-corrected chi connectivity index (χ4v) is 4.75. The van der Waals surface area contributed by atoms with Crippen molar-refractivity contribution in [1.29, 1.82) is 0 Å². The predicted molar refractivity (Wildman–Crippen MR) is 148 cm³/mol. The fraction of sp³-hybridized carbons (Fsp3) is 0.360. The number of nitrogens with zero attached hydrogens (tertiary/aromatic N) is 3. The van der Waals surface area contributed by atoms with Gasteiger partial charge >= 0.3 is 24.5 Å². The highest BCUT2D eigenvalue weighted by Crippen LogP contribution is 2.40. The molecule has 0 saturated carbocycles. The van der Waals surface area contributed by atoms with E-state index in [4.69, 9.17) is 23.9 Å². The van der Waals surface area contributed by atoms with E-state index in [2.05, 4.69) is 4.98 Å². The van der Waals surface area contributed by atoms with Crippen LogP contribution in [0.3, 0.4) is 0 Å². The Morgan fingerprint density at radius 1 is 0.950 bits per heavy atom. The Labute approximate surface area is 234 Å². The number of nitro benzene ring substituents is 2. The average Bonchev–Trinajstić information content (AvgIpc) is 3.38. The molecule has 1 aromatic heterocycles. The average molecular weight is 573 g/mol. The minimum atomic E-state index is -1.13. The molecule has 2 aromatic carbocycles. The second-order valence-corrected chi connectivity index (χ2v) is 10.8. The number of rotatable bonds is 7. The second-order valence-electron chi connectivity index (χ2n) is 9.59. The van der Waals surface area contributed by atoms with Crippen LogP contribution in [0.1, 0.15) is 43.1 Å². The van der Waals surface area contributed by atoms with E-state index in [-0.39, 0.29) is 28.6 Å². The molecular weight excluding hydrogens is 545 g/mol. The van der Waals surface area contributed by atoms with E-state index in [0.29, 0.717) is 20.9 Å². The van der Waals surface area contributed by atoms with Crippen molar-refractivity contribution < 1.29 is 38.5 Å². The van der Waals surface area contributed by atoms with Crippen molar-refractivity contribution in [3.63, 3.8) is 0 Å². The topological polar surface area (TPSA) is 173 Å². The first-order chi connectivity index (χ1) is 18.6. The van der Waals surface area contributed by atoms with Crippen molar-refractivity contribution in [1.82, 2.24) is 4.98 Å². The molecule has 3 aromatic rings. The maximum Gasteiger partial charge on any atom is 0.498 e. The first-order valence-corrected chi connectivity index (χ1v) is 12.7. The number of benzene rings is 2. The second kappa shape index (κ2) is 11.6. The van der Waals surface area contributed by atoms with Gasteiger partial charge in [0.1, 0.15) is 5.01 Å². The van der Waals surface area contributed by atoms with E-state index < -0.39 is 34.1 Å². The number of carboxylic acids is 1. The van der Waals surface area contributed by atoms with E-state index in [0.717, 1.165) is 11.3 Å². The third-order valence-electron chi connectivity index (χ3n) is 6.56. The number of carbonyl (C=O) groups is 1. The third-order valence-corrected chi connectivity index (χ3v) is 7.56. The van der Waals surface area contributed by atoms with Crippen molar-refractivity contribution in [2.24, 2.45) is 0 Å². The third kappa shape index (κ3) is 5.90. The molecule has 40 heavy (non-hydrogen) atoms. The van der Waals surface area contributed by atoms with Crippen LogP contribution in [0.25, 0.3) is 10.6 Å². The highest BCUT2D eigenvalue weighted by molar-refractivity contribution is 7.15. The number of aromatic nitrogens is 1. The van der Waals surface area contributed by atoms with Gasteiger partial charge < -0.3 is 23.9 Å². The summed E-state index contributed by atoms with van der Waals surface area (Å²) >= 11 is 1.15. The molecule has 1 aliphatic rings. The highest BCUT2D eigenvalue weighted by Gasteiger charge is 2.53. The van der Waals surface area contributed by atoms with Gasteiger partial charge in [-0.25, -0.2) is 9.78 Å². The van der Waals surface area contributed by atoms with Crippen molar-refractivity contribution in [3.8, 4) is 22.1 Å². The van der Waals surface area contributed by atoms with Gasteiger partial charge in [0.2, 0.25) is 5.75 Å². The van der Waals surface area contributed by atoms with Crippen molar-refractivity contribution >= 4 is 41.3 Å². The number of aryl methyl sites for hydroxylation is 1.